The van der Waals surface area contributed by atoms with Crippen molar-refractivity contribution in [2.75, 3.05) is 10.7 Å². The van der Waals surface area contributed by atoms with E-state index in [1.54, 1.807) is 36.4 Å². The highest BCUT2D eigenvalue weighted by molar-refractivity contribution is 7.12. The van der Waals surface area contributed by atoms with Crippen LogP contribution < -0.4 is 16.2 Å². The molecule has 0 aliphatic rings. The fourth-order valence-corrected chi connectivity index (χ4v) is 3.69. The van der Waals surface area contributed by atoms with Crippen LogP contribution in [0.2, 0.25) is 15.1 Å². The maximum absolute atomic E-state index is 12.3. The summed E-state index contributed by atoms with van der Waals surface area (Å²) in [6.07, 6.45) is 0. The van der Waals surface area contributed by atoms with E-state index in [2.05, 4.69) is 16.2 Å². The molecule has 0 fully saturated rings. The van der Waals surface area contributed by atoms with Gasteiger partial charge in [0.05, 0.1) is 20.6 Å². The normalized spacial score (nSPS) is 10.3. The van der Waals surface area contributed by atoms with Gasteiger partial charge in [-0.1, -0.05) is 40.9 Å². The van der Waals surface area contributed by atoms with Gasteiger partial charge in [0.25, 0.3) is 11.8 Å². The van der Waals surface area contributed by atoms with Gasteiger partial charge in [0.2, 0.25) is 0 Å². The molecule has 0 atom stereocenters. The number of anilines is 2. The van der Waals surface area contributed by atoms with Crippen molar-refractivity contribution >= 4 is 69.3 Å². The van der Waals surface area contributed by atoms with Gasteiger partial charge in [0, 0.05) is 16.3 Å². The Kier molecular flexibility index (Phi) is 6.23. The molecular weight excluding hydrogens is 429 g/mol. The van der Waals surface area contributed by atoms with E-state index in [4.69, 9.17) is 34.8 Å². The lowest BCUT2D eigenvalue weighted by Crippen LogP contribution is -2.29. The first-order valence-electron chi connectivity index (χ1n) is 7.60. The molecule has 3 rings (SSSR count). The summed E-state index contributed by atoms with van der Waals surface area (Å²) in [5.74, 6) is -0.593. The largest absolute Gasteiger partial charge is 0.321 e. The summed E-state index contributed by atoms with van der Waals surface area (Å²) in [6, 6.07) is 13.0. The average molecular weight is 441 g/mol. The Morgan fingerprint density at radius 1 is 0.889 bits per heavy atom. The fraction of sp³-hybridized carbons (Fsp3) is 0. The van der Waals surface area contributed by atoms with Crippen LogP contribution >= 0.6 is 46.1 Å². The predicted molar refractivity (Wildman–Crippen MR) is 111 cm³/mol. The molecule has 0 unspecified atom stereocenters. The van der Waals surface area contributed by atoms with Crippen LogP contribution in [0.5, 0.6) is 0 Å². The molecule has 0 saturated carbocycles. The van der Waals surface area contributed by atoms with Crippen molar-refractivity contribution in [1.82, 2.24) is 5.43 Å². The van der Waals surface area contributed by atoms with E-state index in [9.17, 15) is 9.59 Å². The van der Waals surface area contributed by atoms with Crippen LogP contribution in [0.15, 0.2) is 53.9 Å². The number of carbonyl (C=O) groups excluding carboxylic acids is 2. The molecule has 3 aromatic rings. The highest BCUT2D eigenvalue weighted by Gasteiger charge is 2.11. The number of thiophene rings is 1. The molecule has 3 N–H and O–H groups in total. The molecule has 27 heavy (non-hydrogen) atoms. The maximum atomic E-state index is 12.3. The van der Waals surface area contributed by atoms with Gasteiger partial charge in [-0.05, 0) is 47.8 Å². The number of hydrogen-bond donors (Lipinski definition) is 3. The number of rotatable bonds is 5. The summed E-state index contributed by atoms with van der Waals surface area (Å²) in [7, 11) is 0. The third kappa shape index (κ3) is 4.93. The van der Waals surface area contributed by atoms with Gasteiger partial charge in [-0.2, -0.15) is 0 Å². The smallest absolute Gasteiger partial charge is 0.269 e. The monoisotopic (exact) mass is 439 g/mol. The van der Waals surface area contributed by atoms with Crippen LogP contribution in [0.1, 0.15) is 20.0 Å². The summed E-state index contributed by atoms with van der Waals surface area (Å²) in [6.45, 7) is 0. The van der Waals surface area contributed by atoms with Crippen molar-refractivity contribution < 1.29 is 9.59 Å². The zero-order valence-corrected chi connectivity index (χ0v) is 16.6. The van der Waals surface area contributed by atoms with Gasteiger partial charge in [0.15, 0.2) is 0 Å². The minimum Gasteiger partial charge on any atom is -0.321 e. The van der Waals surface area contributed by atoms with E-state index in [0.29, 0.717) is 26.8 Å². The Labute approximate surface area is 174 Å². The van der Waals surface area contributed by atoms with E-state index >= 15 is 0 Å². The minimum atomic E-state index is -0.395. The number of halogens is 3. The van der Waals surface area contributed by atoms with E-state index in [0.717, 1.165) is 0 Å². The molecule has 1 aromatic heterocycles. The Morgan fingerprint density at radius 2 is 1.56 bits per heavy atom. The quantitative estimate of drug-likeness (QED) is 0.445. The van der Waals surface area contributed by atoms with Crippen LogP contribution in [0, 0.1) is 0 Å². The summed E-state index contributed by atoms with van der Waals surface area (Å²) < 4.78 is 0. The molecule has 0 saturated heterocycles. The average Bonchev–Trinajstić information content (AvgIpc) is 3.16. The van der Waals surface area contributed by atoms with Crippen LogP contribution in [-0.2, 0) is 0 Å². The molecule has 0 aliphatic heterocycles. The first kappa shape index (κ1) is 19.5. The van der Waals surface area contributed by atoms with Gasteiger partial charge in [-0.15, -0.1) is 11.3 Å². The Morgan fingerprint density at radius 3 is 2.15 bits per heavy atom. The number of benzene rings is 2. The van der Waals surface area contributed by atoms with Crippen molar-refractivity contribution in [2.45, 2.75) is 0 Å². The number of amides is 2. The highest BCUT2D eigenvalue weighted by atomic mass is 35.5. The Balaban J connectivity index is 1.62. The molecule has 138 valence electrons. The van der Waals surface area contributed by atoms with Gasteiger partial charge in [0.1, 0.15) is 0 Å². The molecule has 0 bridgehead atoms. The molecule has 0 spiro atoms. The number of hydrazine groups is 1. The molecule has 9 heteroatoms. The molecular formula is C18H12Cl3N3O2S. The van der Waals surface area contributed by atoms with Crippen LogP contribution in [0.3, 0.4) is 0 Å². The molecule has 0 aliphatic carbocycles. The number of nitrogens with one attached hydrogen (secondary N) is 3. The van der Waals surface area contributed by atoms with Crippen LogP contribution in [-0.4, -0.2) is 11.8 Å². The maximum Gasteiger partial charge on any atom is 0.269 e. The third-order valence-electron chi connectivity index (χ3n) is 3.46. The van der Waals surface area contributed by atoms with Gasteiger partial charge in [-0.3, -0.25) is 20.4 Å². The van der Waals surface area contributed by atoms with E-state index in [1.807, 2.05) is 5.38 Å². The van der Waals surface area contributed by atoms with Gasteiger partial charge in [-0.25, -0.2) is 0 Å². The van der Waals surface area contributed by atoms with Crippen LogP contribution in [0.4, 0.5) is 11.4 Å². The van der Waals surface area contributed by atoms with Crippen molar-refractivity contribution in [3.63, 3.8) is 0 Å². The Bertz CT molecular complexity index is 953. The molecule has 1 heterocycles. The zero-order valence-electron chi connectivity index (χ0n) is 13.6. The summed E-state index contributed by atoms with van der Waals surface area (Å²) in [4.78, 5) is 24.9. The molecule has 2 aromatic carbocycles. The predicted octanol–water partition coefficient (Wildman–Crippen LogP) is 5.72. The summed E-state index contributed by atoms with van der Waals surface area (Å²) in [5.41, 5.74) is 6.51. The minimum absolute atomic E-state index is 0.198. The van der Waals surface area contributed by atoms with Crippen molar-refractivity contribution in [3.05, 3.63) is 79.4 Å². The first-order chi connectivity index (χ1) is 12.9. The van der Waals surface area contributed by atoms with E-state index in [-0.39, 0.29) is 16.0 Å². The zero-order chi connectivity index (χ0) is 19.4. The van der Waals surface area contributed by atoms with E-state index in [1.165, 1.54) is 23.5 Å². The third-order valence-corrected chi connectivity index (χ3v) is 5.14. The summed E-state index contributed by atoms with van der Waals surface area (Å²) >= 11 is 19.3. The molecule has 2 amide bonds. The summed E-state index contributed by atoms with van der Waals surface area (Å²) in [5, 5.41) is 5.54. The lowest BCUT2D eigenvalue weighted by Gasteiger charge is -2.12. The lowest BCUT2D eigenvalue weighted by molar-refractivity contribution is 0.0962. The Hall–Kier alpha value is -2.25. The van der Waals surface area contributed by atoms with E-state index < -0.39 is 5.91 Å². The number of hydrogen-bond acceptors (Lipinski definition) is 4. The fourth-order valence-electron chi connectivity index (χ4n) is 2.16. The van der Waals surface area contributed by atoms with Gasteiger partial charge < -0.3 is 5.32 Å². The highest BCUT2D eigenvalue weighted by Crippen LogP contribution is 2.33. The van der Waals surface area contributed by atoms with Crippen molar-refractivity contribution in [1.29, 1.82) is 0 Å². The second-order valence-corrected chi connectivity index (χ2v) is 7.53. The van der Waals surface area contributed by atoms with Crippen molar-refractivity contribution in [2.24, 2.45) is 0 Å². The molecule has 0 radical (unpaired) electrons. The lowest BCUT2D eigenvalue weighted by atomic mass is 10.2. The second-order valence-electron chi connectivity index (χ2n) is 5.33. The first-order valence-corrected chi connectivity index (χ1v) is 9.61. The topological polar surface area (TPSA) is 70.2 Å². The van der Waals surface area contributed by atoms with Crippen molar-refractivity contribution in [3.8, 4) is 0 Å². The van der Waals surface area contributed by atoms with Gasteiger partial charge >= 0.3 is 0 Å². The molecule has 5 nitrogen and oxygen atoms in total. The van der Waals surface area contributed by atoms with Crippen LogP contribution in [0.25, 0.3) is 0 Å². The second kappa shape index (κ2) is 8.63. The number of carbonyl (C=O) groups is 2. The standard InChI is InChI=1S/C18H12Cl3N3O2S/c19-11-8-13(20)16(14(21)9-11)23-24-17(25)10-3-5-12(6-4-10)22-18(26)15-2-1-7-27-15/h1-9,23H,(H,22,26)(H,24,25). The SMILES string of the molecule is O=C(NNc1c(Cl)cc(Cl)cc1Cl)c1ccc(NC(=O)c2cccs2)cc1.